The van der Waals surface area contributed by atoms with Gasteiger partial charge in [0.15, 0.2) is 0 Å². The third kappa shape index (κ3) is 4.78. The molecule has 0 aliphatic rings. The monoisotopic (exact) mass is 298 g/mol. The molecule has 0 radical (unpaired) electrons. The zero-order chi connectivity index (χ0) is 15.6. The van der Waals surface area contributed by atoms with Crippen LogP contribution in [0.5, 0.6) is 5.75 Å². The van der Waals surface area contributed by atoms with E-state index in [-0.39, 0.29) is 0 Å². The summed E-state index contributed by atoms with van der Waals surface area (Å²) >= 11 is 0. The first-order valence-corrected chi connectivity index (χ1v) is 8.09. The highest BCUT2D eigenvalue weighted by Gasteiger charge is 2.07. The summed E-state index contributed by atoms with van der Waals surface area (Å²) in [6.45, 7) is 6.68. The molecule has 3 heteroatoms. The second-order valence-corrected chi connectivity index (χ2v) is 5.18. The van der Waals surface area contributed by atoms with E-state index in [1.807, 2.05) is 25.1 Å². The Hall–Kier alpha value is -2.00. The fourth-order valence-corrected chi connectivity index (χ4v) is 2.52. The van der Waals surface area contributed by atoms with E-state index < -0.39 is 0 Å². The van der Waals surface area contributed by atoms with Gasteiger partial charge in [0.1, 0.15) is 5.75 Å². The number of benzene rings is 2. The van der Waals surface area contributed by atoms with Crippen LogP contribution in [0.25, 0.3) is 0 Å². The molecule has 0 saturated carbocycles. The number of hydrogen-bond donors (Lipinski definition) is 2. The molecule has 0 heterocycles. The van der Waals surface area contributed by atoms with Gasteiger partial charge in [0.05, 0.1) is 12.3 Å². The van der Waals surface area contributed by atoms with Crippen LogP contribution >= 0.6 is 0 Å². The van der Waals surface area contributed by atoms with Gasteiger partial charge in [-0.25, -0.2) is 0 Å². The Kier molecular flexibility index (Phi) is 6.78. The normalized spacial score (nSPS) is 11.9. The zero-order valence-electron chi connectivity index (χ0n) is 13.5. The van der Waals surface area contributed by atoms with Crippen molar-refractivity contribution in [3.8, 4) is 5.75 Å². The van der Waals surface area contributed by atoms with Crippen LogP contribution in [0, 0.1) is 0 Å². The van der Waals surface area contributed by atoms with Gasteiger partial charge < -0.3 is 15.4 Å². The highest BCUT2D eigenvalue weighted by Crippen LogP contribution is 2.23. The van der Waals surface area contributed by atoms with Crippen LogP contribution in [-0.2, 0) is 0 Å². The van der Waals surface area contributed by atoms with Gasteiger partial charge in [0.25, 0.3) is 0 Å². The first-order chi connectivity index (χ1) is 10.8. The summed E-state index contributed by atoms with van der Waals surface area (Å²) in [6.07, 6.45) is 1.08. The van der Waals surface area contributed by atoms with Crippen molar-refractivity contribution in [1.29, 1.82) is 0 Å². The van der Waals surface area contributed by atoms with Crippen molar-refractivity contribution < 1.29 is 4.74 Å². The lowest BCUT2D eigenvalue weighted by molar-refractivity contribution is 0.341. The van der Waals surface area contributed by atoms with Crippen molar-refractivity contribution in [3.63, 3.8) is 0 Å². The minimum absolute atomic E-state index is 0.408. The quantitative estimate of drug-likeness (QED) is 0.679. The van der Waals surface area contributed by atoms with Gasteiger partial charge in [0, 0.05) is 19.1 Å². The molecule has 0 saturated heterocycles. The van der Waals surface area contributed by atoms with E-state index in [1.54, 1.807) is 0 Å². The Bertz CT molecular complexity index is 542. The Morgan fingerprint density at radius 3 is 2.36 bits per heavy atom. The summed E-state index contributed by atoms with van der Waals surface area (Å²) in [5, 5.41) is 7.05. The molecule has 1 unspecified atom stereocenters. The highest BCUT2D eigenvalue weighted by atomic mass is 16.5. The molecule has 2 N–H and O–H groups in total. The van der Waals surface area contributed by atoms with Gasteiger partial charge >= 0.3 is 0 Å². The van der Waals surface area contributed by atoms with Crippen LogP contribution in [0.4, 0.5) is 5.69 Å². The Balaban J connectivity index is 1.81. The van der Waals surface area contributed by atoms with Gasteiger partial charge in [0.2, 0.25) is 0 Å². The van der Waals surface area contributed by atoms with Gasteiger partial charge in [-0.3, -0.25) is 0 Å². The maximum atomic E-state index is 5.62. The Morgan fingerprint density at radius 2 is 1.64 bits per heavy atom. The lowest BCUT2D eigenvalue weighted by Crippen LogP contribution is -2.26. The number of rotatable bonds is 9. The Morgan fingerprint density at radius 1 is 0.909 bits per heavy atom. The van der Waals surface area contributed by atoms with E-state index >= 15 is 0 Å². The number of nitrogens with one attached hydrogen (secondary N) is 2. The van der Waals surface area contributed by atoms with Gasteiger partial charge in [-0.1, -0.05) is 49.4 Å². The molecule has 2 rings (SSSR count). The highest BCUT2D eigenvalue weighted by molar-refractivity contribution is 5.56. The predicted octanol–water partition coefficient (Wildman–Crippen LogP) is 4.24. The SMILES string of the molecule is CCOc1ccccc1NCCNC(CC)c1ccccc1. The molecule has 0 spiro atoms. The van der Waals surface area contributed by atoms with Gasteiger partial charge in [-0.2, -0.15) is 0 Å². The van der Waals surface area contributed by atoms with E-state index in [0.717, 1.165) is 30.9 Å². The number of anilines is 1. The fraction of sp³-hybridized carbons (Fsp3) is 0.368. The average molecular weight is 298 g/mol. The van der Waals surface area contributed by atoms with Crippen molar-refractivity contribution in [1.82, 2.24) is 5.32 Å². The van der Waals surface area contributed by atoms with Crippen molar-refractivity contribution in [2.75, 3.05) is 25.0 Å². The van der Waals surface area contributed by atoms with E-state index in [1.165, 1.54) is 5.56 Å². The molecule has 22 heavy (non-hydrogen) atoms. The predicted molar refractivity (Wildman–Crippen MR) is 93.6 cm³/mol. The van der Waals surface area contributed by atoms with E-state index in [0.29, 0.717) is 12.6 Å². The maximum Gasteiger partial charge on any atom is 0.142 e. The summed E-state index contributed by atoms with van der Waals surface area (Å²) in [7, 11) is 0. The van der Waals surface area contributed by atoms with Gasteiger partial charge in [-0.05, 0) is 31.0 Å². The summed E-state index contributed by atoms with van der Waals surface area (Å²) in [5.74, 6) is 0.917. The second-order valence-electron chi connectivity index (χ2n) is 5.18. The summed E-state index contributed by atoms with van der Waals surface area (Å²) in [5.41, 5.74) is 2.40. The van der Waals surface area contributed by atoms with Crippen LogP contribution in [0.3, 0.4) is 0 Å². The lowest BCUT2D eigenvalue weighted by Gasteiger charge is -2.18. The van der Waals surface area contributed by atoms with Crippen molar-refractivity contribution in [2.45, 2.75) is 26.3 Å². The third-order valence-electron chi connectivity index (χ3n) is 3.63. The van der Waals surface area contributed by atoms with Crippen molar-refractivity contribution in [3.05, 3.63) is 60.2 Å². The molecule has 1 atom stereocenters. The van der Waals surface area contributed by atoms with Crippen LogP contribution < -0.4 is 15.4 Å². The molecule has 3 nitrogen and oxygen atoms in total. The van der Waals surface area contributed by atoms with Crippen molar-refractivity contribution in [2.24, 2.45) is 0 Å². The zero-order valence-corrected chi connectivity index (χ0v) is 13.5. The molecule has 0 bridgehead atoms. The summed E-state index contributed by atoms with van der Waals surface area (Å²) in [4.78, 5) is 0. The molecule has 0 aliphatic carbocycles. The van der Waals surface area contributed by atoms with Crippen LogP contribution in [0.2, 0.25) is 0 Å². The van der Waals surface area contributed by atoms with E-state index in [9.17, 15) is 0 Å². The van der Waals surface area contributed by atoms with Crippen LogP contribution in [0.15, 0.2) is 54.6 Å². The molecule has 0 aliphatic heterocycles. The topological polar surface area (TPSA) is 33.3 Å². The van der Waals surface area contributed by atoms with Crippen LogP contribution in [0.1, 0.15) is 31.9 Å². The molecule has 0 amide bonds. The molecule has 2 aromatic carbocycles. The lowest BCUT2D eigenvalue weighted by atomic mass is 10.0. The number of ether oxygens (including phenoxy) is 1. The summed E-state index contributed by atoms with van der Waals surface area (Å²) < 4.78 is 5.62. The largest absolute Gasteiger partial charge is 0.492 e. The first-order valence-electron chi connectivity index (χ1n) is 8.09. The fourth-order valence-electron chi connectivity index (χ4n) is 2.52. The van der Waals surface area contributed by atoms with E-state index in [4.69, 9.17) is 4.74 Å². The molecule has 0 fully saturated rings. The van der Waals surface area contributed by atoms with Crippen LogP contribution in [-0.4, -0.2) is 19.7 Å². The second kappa shape index (κ2) is 9.11. The minimum atomic E-state index is 0.408. The molecule has 118 valence electrons. The molecular weight excluding hydrogens is 272 g/mol. The van der Waals surface area contributed by atoms with E-state index in [2.05, 4.69) is 54.0 Å². The number of para-hydroxylation sites is 2. The maximum absolute atomic E-state index is 5.62. The number of hydrogen-bond acceptors (Lipinski definition) is 3. The molecular formula is C19H26N2O. The van der Waals surface area contributed by atoms with Crippen molar-refractivity contribution >= 4 is 5.69 Å². The third-order valence-corrected chi connectivity index (χ3v) is 3.63. The average Bonchev–Trinajstić information content (AvgIpc) is 2.57. The van der Waals surface area contributed by atoms with Gasteiger partial charge in [-0.15, -0.1) is 0 Å². The summed E-state index contributed by atoms with van der Waals surface area (Å²) in [6, 6.07) is 19.1. The Labute approximate surface area is 133 Å². The molecule has 2 aromatic rings. The molecule has 0 aromatic heterocycles. The smallest absolute Gasteiger partial charge is 0.142 e. The standard InChI is InChI=1S/C19H26N2O/c1-3-17(16-10-6-5-7-11-16)20-14-15-21-18-12-8-9-13-19(18)22-4-2/h5-13,17,20-21H,3-4,14-15H2,1-2H3. The first kappa shape index (κ1) is 16.4. The minimum Gasteiger partial charge on any atom is -0.492 e.